The molecule has 1 aromatic heterocycles. The quantitative estimate of drug-likeness (QED) is 0.815. The van der Waals surface area contributed by atoms with Crippen molar-refractivity contribution in [1.82, 2.24) is 4.98 Å². The monoisotopic (exact) mass is 230 g/mol. The summed E-state index contributed by atoms with van der Waals surface area (Å²) in [6.45, 7) is 5.68. The molecule has 0 aliphatic rings. The van der Waals surface area contributed by atoms with Gasteiger partial charge in [0.25, 0.3) is 0 Å². The SMILES string of the molecule is Cc1ccnc(-c2c(C)cc(F)cc2C)c1N. The maximum atomic E-state index is 13.3. The molecule has 0 amide bonds. The number of hydrogen-bond acceptors (Lipinski definition) is 2. The van der Waals surface area contributed by atoms with Crippen molar-refractivity contribution in [3.05, 3.63) is 46.9 Å². The second kappa shape index (κ2) is 4.17. The number of benzene rings is 1. The van der Waals surface area contributed by atoms with Gasteiger partial charge < -0.3 is 5.73 Å². The van der Waals surface area contributed by atoms with Gasteiger partial charge in [-0.2, -0.15) is 0 Å². The first-order valence-electron chi connectivity index (χ1n) is 5.49. The van der Waals surface area contributed by atoms with Crippen molar-refractivity contribution in [1.29, 1.82) is 0 Å². The molecule has 0 saturated heterocycles. The van der Waals surface area contributed by atoms with E-state index >= 15 is 0 Å². The fourth-order valence-corrected chi connectivity index (χ4v) is 2.05. The average molecular weight is 230 g/mol. The lowest BCUT2D eigenvalue weighted by Crippen LogP contribution is -1.99. The van der Waals surface area contributed by atoms with Crippen molar-refractivity contribution in [2.75, 3.05) is 5.73 Å². The third kappa shape index (κ3) is 2.00. The molecule has 0 aliphatic heterocycles. The van der Waals surface area contributed by atoms with Gasteiger partial charge in [-0.05, 0) is 55.7 Å². The molecule has 1 aromatic carbocycles. The molecular formula is C14H15FN2. The predicted molar refractivity (Wildman–Crippen MR) is 68.3 cm³/mol. The van der Waals surface area contributed by atoms with Gasteiger partial charge in [0, 0.05) is 11.8 Å². The fraction of sp³-hybridized carbons (Fsp3) is 0.214. The Hall–Kier alpha value is -1.90. The van der Waals surface area contributed by atoms with Crippen LogP contribution in [-0.2, 0) is 0 Å². The fourth-order valence-electron chi connectivity index (χ4n) is 2.05. The average Bonchev–Trinajstić information content (AvgIpc) is 2.23. The van der Waals surface area contributed by atoms with Gasteiger partial charge in [-0.25, -0.2) is 4.39 Å². The largest absolute Gasteiger partial charge is 0.397 e. The van der Waals surface area contributed by atoms with Crippen LogP contribution in [-0.4, -0.2) is 4.98 Å². The summed E-state index contributed by atoms with van der Waals surface area (Å²) in [6, 6.07) is 4.88. The second-order valence-electron chi connectivity index (χ2n) is 4.30. The van der Waals surface area contributed by atoms with Crippen LogP contribution >= 0.6 is 0 Å². The lowest BCUT2D eigenvalue weighted by Gasteiger charge is -2.13. The summed E-state index contributed by atoms with van der Waals surface area (Å²) in [5.74, 6) is -0.227. The molecule has 2 rings (SSSR count). The molecule has 17 heavy (non-hydrogen) atoms. The molecule has 0 saturated carbocycles. The van der Waals surface area contributed by atoms with E-state index in [1.54, 1.807) is 6.20 Å². The topological polar surface area (TPSA) is 38.9 Å². The van der Waals surface area contributed by atoms with E-state index in [1.165, 1.54) is 12.1 Å². The molecule has 0 unspecified atom stereocenters. The van der Waals surface area contributed by atoms with Crippen LogP contribution in [0.2, 0.25) is 0 Å². The zero-order valence-corrected chi connectivity index (χ0v) is 10.2. The number of aryl methyl sites for hydroxylation is 3. The molecule has 0 spiro atoms. The molecule has 2 aromatic rings. The van der Waals surface area contributed by atoms with Crippen molar-refractivity contribution in [2.45, 2.75) is 20.8 Å². The van der Waals surface area contributed by atoms with Gasteiger partial charge in [0.1, 0.15) is 5.82 Å². The highest BCUT2D eigenvalue weighted by Crippen LogP contribution is 2.31. The van der Waals surface area contributed by atoms with Crippen LogP contribution in [0, 0.1) is 26.6 Å². The highest BCUT2D eigenvalue weighted by molar-refractivity contribution is 5.78. The number of nitrogen functional groups attached to an aromatic ring is 1. The van der Waals surface area contributed by atoms with Crippen molar-refractivity contribution in [3.8, 4) is 11.3 Å². The van der Waals surface area contributed by atoms with Crippen LogP contribution in [0.1, 0.15) is 16.7 Å². The minimum absolute atomic E-state index is 0.227. The third-order valence-electron chi connectivity index (χ3n) is 2.94. The summed E-state index contributed by atoms with van der Waals surface area (Å²) in [5.41, 5.74) is 11.0. The van der Waals surface area contributed by atoms with Crippen LogP contribution in [0.15, 0.2) is 24.4 Å². The first-order chi connectivity index (χ1) is 8.00. The smallest absolute Gasteiger partial charge is 0.123 e. The maximum absolute atomic E-state index is 13.3. The van der Waals surface area contributed by atoms with E-state index in [0.29, 0.717) is 5.69 Å². The Balaban J connectivity index is 2.73. The molecule has 88 valence electrons. The lowest BCUT2D eigenvalue weighted by atomic mass is 9.97. The second-order valence-corrected chi connectivity index (χ2v) is 4.30. The number of rotatable bonds is 1. The van der Waals surface area contributed by atoms with Crippen LogP contribution in [0.5, 0.6) is 0 Å². The molecular weight excluding hydrogens is 215 g/mol. The van der Waals surface area contributed by atoms with Crippen LogP contribution in [0.3, 0.4) is 0 Å². The van der Waals surface area contributed by atoms with E-state index in [0.717, 1.165) is 27.9 Å². The van der Waals surface area contributed by atoms with Crippen LogP contribution < -0.4 is 5.73 Å². The number of nitrogens with two attached hydrogens (primary N) is 1. The van der Waals surface area contributed by atoms with Gasteiger partial charge in [0.05, 0.1) is 11.4 Å². The first-order valence-corrected chi connectivity index (χ1v) is 5.49. The predicted octanol–water partition coefficient (Wildman–Crippen LogP) is 3.40. The number of halogens is 1. The van der Waals surface area contributed by atoms with Gasteiger partial charge in [-0.3, -0.25) is 4.98 Å². The standard InChI is InChI=1S/C14H15FN2/c1-8-4-5-17-14(13(8)16)12-9(2)6-11(15)7-10(12)3/h4-7H,16H2,1-3H3. The number of pyridine rings is 1. The molecule has 0 fully saturated rings. The molecule has 1 heterocycles. The molecule has 3 heteroatoms. The number of aromatic nitrogens is 1. The van der Waals surface area contributed by atoms with E-state index in [1.807, 2.05) is 26.8 Å². The van der Waals surface area contributed by atoms with Gasteiger partial charge in [0.15, 0.2) is 0 Å². The summed E-state index contributed by atoms with van der Waals surface area (Å²) in [5, 5.41) is 0. The van der Waals surface area contributed by atoms with Crippen molar-refractivity contribution < 1.29 is 4.39 Å². The minimum Gasteiger partial charge on any atom is -0.397 e. The number of anilines is 1. The molecule has 2 nitrogen and oxygen atoms in total. The first kappa shape index (κ1) is 11.6. The Morgan fingerprint density at radius 3 is 2.24 bits per heavy atom. The molecule has 0 aliphatic carbocycles. The highest BCUT2D eigenvalue weighted by Gasteiger charge is 2.12. The number of nitrogens with zero attached hydrogens (tertiary/aromatic N) is 1. The summed E-state index contributed by atoms with van der Waals surface area (Å²) < 4.78 is 13.3. The van der Waals surface area contributed by atoms with E-state index < -0.39 is 0 Å². The number of hydrogen-bond donors (Lipinski definition) is 1. The zero-order chi connectivity index (χ0) is 12.6. The van der Waals surface area contributed by atoms with Crippen molar-refractivity contribution in [3.63, 3.8) is 0 Å². The normalized spacial score (nSPS) is 10.6. The van der Waals surface area contributed by atoms with Gasteiger partial charge in [-0.15, -0.1) is 0 Å². The van der Waals surface area contributed by atoms with E-state index in [9.17, 15) is 4.39 Å². The van der Waals surface area contributed by atoms with Crippen molar-refractivity contribution >= 4 is 5.69 Å². The van der Waals surface area contributed by atoms with E-state index in [4.69, 9.17) is 5.73 Å². The van der Waals surface area contributed by atoms with Gasteiger partial charge >= 0.3 is 0 Å². The van der Waals surface area contributed by atoms with E-state index in [-0.39, 0.29) is 5.82 Å². The Labute approximate surface area is 100 Å². The zero-order valence-electron chi connectivity index (χ0n) is 10.2. The molecule has 0 atom stereocenters. The lowest BCUT2D eigenvalue weighted by molar-refractivity contribution is 0.625. The molecule has 0 radical (unpaired) electrons. The molecule has 2 N–H and O–H groups in total. The Kier molecular flexibility index (Phi) is 2.84. The summed E-state index contributed by atoms with van der Waals surface area (Å²) in [4.78, 5) is 4.31. The summed E-state index contributed by atoms with van der Waals surface area (Å²) >= 11 is 0. The molecule has 0 bridgehead atoms. The van der Waals surface area contributed by atoms with Crippen LogP contribution in [0.25, 0.3) is 11.3 Å². The van der Waals surface area contributed by atoms with Gasteiger partial charge in [0.2, 0.25) is 0 Å². The van der Waals surface area contributed by atoms with E-state index in [2.05, 4.69) is 4.98 Å². The Bertz CT molecular complexity index is 553. The highest BCUT2D eigenvalue weighted by atomic mass is 19.1. The summed E-state index contributed by atoms with van der Waals surface area (Å²) in [6.07, 6.45) is 1.73. The van der Waals surface area contributed by atoms with Crippen molar-refractivity contribution in [2.24, 2.45) is 0 Å². The summed E-state index contributed by atoms with van der Waals surface area (Å²) in [7, 11) is 0. The Morgan fingerprint density at radius 2 is 1.65 bits per heavy atom. The minimum atomic E-state index is -0.227. The van der Waals surface area contributed by atoms with Gasteiger partial charge in [-0.1, -0.05) is 0 Å². The maximum Gasteiger partial charge on any atom is 0.123 e. The Morgan fingerprint density at radius 1 is 1.06 bits per heavy atom. The third-order valence-corrected chi connectivity index (χ3v) is 2.94. The van der Waals surface area contributed by atoms with Crippen LogP contribution in [0.4, 0.5) is 10.1 Å².